The molecule has 2 fully saturated rings. The number of aromatic hydroxyl groups is 1. The van der Waals surface area contributed by atoms with Crippen LogP contribution in [0.25, 0.3) is 5.76 Å². The summed E-state index contributed by atoms with van der Waals surface area (Å²) < 4.78 is 0. The number of hydrogen-bond donors (Lipinski definition) is 5. The summed E-state index contributed by atoms with van der Waals surface area (Å²) in [4.78, 5) is 40.7. The molecule has 0 heterocycles. The first-order chi connectivity index (χ1) is 15.8. The maximum atomic E-state index is 13.7. The molecular formula is C25H32N2O7. The lowest BCUT2D eigenvalue weighted by Gasteiger charge is -2.53. The van der Waals surface area contributed by atoms with Gasteiger partial charge in [-0.15, -0.1) is 0 Å². The average molecular weight is 473 g/mol. The molecule has 3 aliphatic rings. The molecule has 0 spiro atoms. The van der Waals surface area contributed by atoms with Crippen LogP contribution in [0.15, 0.2) is 17.7 Å². The van der Waals surface area contributed by atoms with Crippen LogP contribution in [0.1, 0.15) is 37.0 Å². The smallest absolute Gasteiger partial charge is 0.230 e. The van der Waals surface area contributed by atoms with E-state index in [1.165, 1.54) is 6.07 Å². The lowest BCUT2D eigenvalue weighted by Crippen LogP contribution is -2.73. The summed E-state index contributed by atoms with van der Waals surface area (Å²) in [6.07, 6.45) is -0.340. The third-order valence-electron chi connectivity index (χ3n) is 7.70. The molecule has 1 aromatic carbocycles. The van der Waals surface area contributed by atoms with Crippen LogP contribution in [0.4, 0.5) is 0 Å². The Morgan fingerprint density at radius 1 is 1.24 bits per heavy atom. The van der Waals surface area contributed by atoms with Crippen molar-refractivity contribution in [1.29, 1.82) is 0 Å². The second kappa shape index (κ2) is 8.18. The second-order valence-corrected chi connectivity index (χ2v) is 10.5. The van der Waals surface area contributed by atoms with Gasteiger partial charge in [0.25, 0.3) is 0 Å². The average Bonchev–Trinajstić information content (AvgIpc) is 2.72. The fraction of sp³-hybridized carbons (Fsp3) is 0.560. The van der Waals surface area contributed by atoms with Crippen LogP contribution >= 0.6 is 0 Å². The Labute approximate surface area is 197 Å². The van der Waals surface area contributed by atoms with E-state index in [4.69, 9.17) is 5.73 Å². The Morgan fingerprint density at radius 2 is 1.88 bits per heavy atom. The highest BCUT2D eigenvalue weighted by atomic mass is 16.3. The number of aliphatic hydroxyl groups is 3. The third-order valence-corrected chi connectivity index (χ3v) is 7.70. The number of nitrogens with two attached hydrogens (primary N) is 1. The number of carbonyl (C=O) groups excluding carboxylic acids is 3. The molecule has 6 N–H and O–H groups in total. The van der Waals surface area contributed by atoms with E-state index in [2.05, 4.69) is 13.8 Å². The highest BCUT2D eigenvalue weighted by Crippen LogP contribution is 2.52. The van der Waals surface area contributed by atoms with Crippen LogP contribution in [0.5, 0.6) is 5.75 Å². The highest BCUT2D eigenvalue weighted by molar-refractivity contribution is 6.25. The minimum absolute atomic E-state index is 0.120. The first kappa shape index (κ1) is 24.4. The maximum absolute atomic E-state index is 13.7. The van der Waals surface area contributed by atoms with Crippen LogP contribution in [0.2, 0.25) is 0 Å². The Morgan fingerprint density at radius 3 is 2.44 bits per heavy atom. The van der Waals surface area contributed by atoms with Crippen molar-refractivity contribution in [2.45, 2.75) is 50.9 Å². The molecule has 3 aliphatic carbocycles. The first-order valence-corrected chi connectivity index (χ1v) is 11.5. The summed E-state index contributed by atoms with van der Waals surface area (Å²) in [6.45, 7) is 4.11. The normalized spacial score (nSPS) is 33.1. The number of rotatable bonds is 4. The van der Waals surface area contributed by atoms with Gasteiger partial charge in [0.05, 0.1) is 11.7 Å². The molecular weight excluding hydrogens is 440 g/mol. The van der Waals surface area contributed by atoms with Gasteiger partial charge in [0.2, 0.25) is 11.7 Å². The topological polar surface area (TPSA) is 161 Å². The SMILES string of the molecule is CC(C)Cc1ccc(O)c2c1C[C@@H]1C[C@@H]3[C@@H](N(C)C)C(O)C(C(N)=O)C(=O)[C@]3(O)C(=O)C1=C2O. The molecule has 1 amide bonds. The van der Waals surface area contributed by atoms with E-state index in [1.54, 1.807) is 25.1 Å². The van der Waals surface area contributed by atoms with Gasteiger partial charge in [-0.25, -0.2) is 0 Å². The molecule has 0 aliphatic heterocycles. The van der Waals surface area contributed by atoms with Gasteiger partial charge in [-0.1, -0.05) is 19.9 Å². The van der Waals surface area contributed by atoms with Gasteiger partial charge in [-0.05, 0) is 62.4 Å². The number of Topliss-reactive ketones (excluding diaryl/α,β-unsaturated/α-hetero) is 2. The number of phenolic OH excluding ortho intramolecular Hbond substituents is 1. The van der Waals surface area contributed by atoms with Crippen molar-refractivity contribution in [1.82, 2.24) is 4.90 Å². The van der Waals surface area contributed by atoms with E-state index in [1.807, 2.05) is 0 Å². The lowest BCUT2D eigenvalue weighted by atomic mass is 9.54. The molecule has 0 aromatic heterocycles. The number of hydrogen-bond acceptors (Lipinski definition) is 8. The van der Waals surface area contributed by atoms with Gasteiger partial charge in [0.1, 0.15) is 17.4 Å². The molecule has 6 atom stereocenters. The van der Waals surface area contributed by atoms with Crippen molar-refractivity contribution in [2.24, 2.45) is 29.4 Å². The van der Waals surface area contributed by atoms with E-state index in [-0.39, 0.29) is 23.3 Å². The minimum atomic E-state index is -2.63. The zero-order valence-corrected chi connectivity index (χ0v) is 19.8. The van der Waals surface area contributed by atoms with E-state index in [0.29, 0.717) is 18.8 Å². The molecule has 184 valence electrons. The van der Waals surface area contributed by atoms with Crippen molar-refractivity contribution >= 4 is 23.2 Å². The Hall–Kier alpha value is -2.75. The molecule has 9 nitrogen and oxygen atoms in total. The number of likely N-dealkylation sites (N-methyl/N-ethyl adjacent to an activating group) is 1. The predicted octanol–water partition coefficient (Wildman–Crippen LogP) is 0.328. The molecule has 2 unspecified atom stereocenters. The Kier molecular flexibility index (Phi) is 5.86. The van der Waals surface area contributed by atoms with Crippen molar-refractivity contribution in [3.05, 3.63) is 34.4 Å². The summed E-state index contributed by atoms with van der Waals surface area (Å²) in [5.41, 5.74) is 4.44. The minimum Gasteiger partial charge on any atom is -0.507 e. The van der Waals surface area contributed by atoms with E-state index < -0.39 is 58.7 Å². The number of benzene rings is 1. The Bertz CT molecular complexity index is 1110. The van der Waals surface area contributed by atoms with Crippen LogP contribution in [0, 0.1) is 23.7 Å². The molecule has 0 radical (unpaired) electrons. The Balaban J connectivity index is 1.91. The molecule has 34 heavy (non-hydrogen) atoms. The molecule has 2 saturated carbocycles. The quantitative estimate of drug-likeness (QED) is 0.392. The molecule has 9 heteroatoms. The van der Waals surface area contributed by atoms with Crippen molar-refractivity contribution in [2.75, 3.05) is 14.1 Å². The molecule has 1 aromatic rings. The van der Waals surface area contributed by atoms with Gasteiger partial charge in [-0.3, -0.25) is 14.4 Å². The number of phenols is 1. The summed E-state index contributed by atoms with van der Waals surface area (Å²) in [5, 5.41) is 44.2. The van der Waals surface area contributed by atoms with Gasteiger partial charge in [0, 0.05) is 17.5 Å². The van der Waals surface area contributed by atoms with E-state index in [9.17, 15) is 34.8 Å². The van der Waals surface area contributed by atoms with E-state index >= 15 is 0 Å². The number of ketones is 2. The number of amides is 1. The fourth-order valence-electron chi connectivity index (χ4n) is 6.30. The maximum Gasteiger partial charge on any atom is 0.230 e. The molecule has 4 rings (SSSR count). The summed E-state index contributed by atoms with van der Waals surface area (Å²) in [6, 6.07) is 2.38. The fourth-order valence-corrected chi connectivity index (χ4v) is 6.30. The second-order valence-electron chi connectivity index (χ2n) is 10.5. The highest BCUT2D eigenvalue weighted by Gasteiger charge is 2.67. The number of carbonyl (C=O) groups is 3. The van der Waals surface area contributed by atoms with E-state index in [0.717, 1.165) is 11.1 Å². The largest absolute Gasteiger partial charge is 0.507 e. The van der Waals surface area contributed by atoms with Gasteiger partial charge < -0.3 is 31.1 Å². The van der Waals surface area contributed by atoms with Gasteiger partial charge in [-0.2, -0.15) is 0 Å². The standard InChI is InChI=1S/C25H32N2O7/c1-10(2)7-11-5-6-15(28)17-13(11)8-12-9-14-19(27(3)4)21(30)18(24(26)33)23(32)25(14,34)22(31)16(12)20(17)29/h5-6,10,12,14,18-19,21,28-30,34H,7-9H2,1-4H3,(H2,26,33)/t12-,14-,18?,19-,21?,25-/m1/s1. The predicted molar refractivity (Wildman–Crippen MR) is 123 cm³/mol. The zero-order valence-electron chi connectivity index (χ0n) is 19.8. The van der Waals surface area contributed by atoms with Crippen molar-refractivity contribution < 1.29 is 34.8 Å². The number of fused-ring (bicyclic) bond motifs is 3. The number of primary amides is 1. The first-order valence-electron chi connectivity index (χ1n) is 11.5. The third kappa shape index (κ3) is 3.29. The van der Waals surface area contributed by atoms with Crippen LogP contribution in [-0.2, 0) is 27.2 Å². The number of aliphatic hydroxyl groups excluding tert-OH is 2. The summed E-state index contributed by atoms with van der Waals surface area (Å²) in [5.74, 6) is -6.93. The van der Waals surface area contributed by atoms with Crippen LogP contribution in [-0.4, -0.2) is 74.6 Å². The van der Waals surface area contributed by atoms with Crippen molar-refractivity contribution in [3.8, 4) is 5.75 Å². The van der Waals surface area contributed by atoms with Crippen LogP contribution in [0.3, 0.4) is 0 Å². The zero-order chi connectivity index (χ0) is 25.3. The lowest BCUT2D eigenvalue weighted by molar-refractivity contribution is -0.184. The van der Waals surface area contributed by atoms with Gasteiger partial charge in [0.15, 0.2) is 11.4 Å². The van der Waals surface area contributed by atoms with Crippen LogP contribution < -0.4 is 5.73 Å². The molecule has 0 saturated heterocycles. The van der Waals surface area contributed by atoms with Gasteiger partial charge >= 0.3 is 0 Å². The summed E-state index contributed by atoms with van der Waals surface area (Å²) in [7, 11) is 3.26. The monoisotopic (exact) mass is 472 g/mol. The number of nitrogens with zero attached hydrogens (tertiary/aromatic N) is 1. The molecule has 0 bridgehead atoms. The van der Waals surface area contributed by atoms with Crippen molar-refractivity contribution in [3.63, 3.8) is 0 Å². The summed E-state index contributed by atoms with van der Waals surface area (Å²) >= 11 is 0.